The molecule has 3 aromatic carbocycles. The van der Waals surface area contributed by atoms with Crippen molar-refractivity contribution in [3.05, 3.63) is 124 Å². The molecule has 1 aromatic heterocycles. The van der Waals surface area contributed by atoms with Gasteiger partial charge in [0.1, 0.15) is 11.9 Å². The van der Waals surface area contributed by atoms with Gasteiger partial charge in [-0.25, -0.2) is 9.18 Å². The molecule has 3 aliphatic heterocycles. The SMILES string of the molecule is CC1=C(CCN2CCC(c3noc4cc(F)ccc34)CC2)C(=O)N2CCCC(OCOC(=O)N(Cc3ccccc3)Cc3ccccc3)C2=C(C)CC1. The fourth-order valence-corrected chi connectivity index (χ4v) is 8.04. The van der Waals surface area contributed by atoms with Gasteiger partial charge in [-0.15, -0.1) is 0 Å². The van der Waals surface area contributed by atoms with Crippen molar-refractivity contribution in [2.24, 2.45) is 0 Å². The van der Waals surface area contributed by atoms with E-state index >= 15 is 0 Å². The molecule has 9 nitrogen and oxygen atoms in total. The Labute approximate surface area is 311 Å². The molecule has 0 N–H and O–H groups in total. The Kier molecular flexibility index (Phi) is 11.7. The van der Waals surface area contributed by atoms with Gasteiger partial charge in [-0.2, -0.15) is 0 Å². The van der Waals surface area contributed by atoms with Gasteiger partial charge < -0.3 is 23.8 Å². The minimum atomic E-state index is -0.445. The average molecular weight is 721 g/mol. The number of fused-ring (bicyclic) bond motifs is 2. The Hall–Kier alpha value is -4.80. The third-order valence-corrected chi connectivity index (χ3v) is 11.0. The zero-order chi connectivity index (χ0) is 36.7. The van der Waals surface area contributed by atoms with Crippen LogP contribution in [-0.2, 0) is 27.4 Å². The normalized spacial score (nSPS) is 19.0. The second kappa shape index (κ2) is 16.9. The molecule has 0 aliphatic carbocycles. The van der Waals surface area contributed by atoms with E-state index in [9.17, 15) is 14.0 Å². The molecule has 0 bridgehead atoms. The largest absolute Gasteiger partial charge is 0.422 e. The molecule has 0 saturated carbocycles. The van der Waals surface area contributed by atoms with Crippen LogP contribution in [0.5, 0.6) is 0 Å². The summed E-state index contributed by atoms with van der Waals surface area (Å²) in [5, 5.41) is 5.19. The molecule has 2 saturated heterocycles. The van der Waals surface area contributed by atoms with Crippen LogP contribution in [-0.4, -0.2) is 70.9 Å². The van der Waals surface area contributed by atoms with Crippen molar-refractivity contribution >= 4 is 23.0 Å². The van der Waals surface area contributed by atoms with Crippen molar-refractivity contribution in [3.63, 3.8) is 0 Å². The summed E-state index contributed by atoms with van der Waals surface area (Å²) in [5.41, 5.74) is 7.55. The molecule has 10 heteroatoms. The van der Waals surface area contributed by atoms with Gasteiger partial charge in [-0.3, -0.25) is 9.69 Å². The quantitative estimate of drug-likeness (QED) is 0.143. The van der Waals surface area contributed by atoms with E-state index in [0.717, 1.165) is 103 Å². The van der Waals surface area contributed by atoms with E-state index in [0.29, 0.717) is 31.6 Å². The fraction of sp³-hybridized carbons (Fsp3) is 0.419. The maximum absolute atomic E-state index is 14.3. The van der Waals surface area contributed by atoms with Gasteiger partial charge in [0.2, 0.25) is 0 Å². The third kappa shape index (κ3) is 8.71. The lowest BCUT2D eigenvalue weighted by Crippen LogP contribution is -2.44. The van der Waals surface area contributed by atoms with E-state index in [1.807, 2.05) is 65.6 Å². The van der Waals surface area contributed by atoms with Crippen LogP contribution in [0, 0.1) is 5.82 Å². The molecule has 4 heterocycles. The van der Waals surface area contributed by atoms with Crippen LogP contribution in [0.15, 0.2) is 106 Å². The lowest BCUT2D eigenvalue weighted by molar-refractivity contribution is -0.130. The van der Waals surface area contributed by atoms with E-state index in [1.54, 1.807) is 11.0 Å². The second-order valence-electron chi connectivity index (χ2n) is 14.6. The molecule has 0 spiro atoms. The molecule has 278 valence electrons. The minimum absolute atomic E-state index is 0.0647. The van der Waals surface area contributed by atoms with Crippen LogP contribution in [0.1, 0.15) is 81.5 Å². The van der Waals surface area contributed by atoms with Gasteiger partial charge in [0.25, 0.3) is 5.91 Å². The highest BCUT2D eigenvalue weighted by molar-refractivity contribution is 5.95. The first-order chi connectivity index (χ1) is 25.8. The number of allylic oxidation sites excluding steroid dienone is 2. The van der Waals surface area contributed by atoms with E-state index < -0.39 is 6.09 Å². The molecule has 4 aromatic rings. The monoisotopic (exact) mass is 720 g/mol. The minimum Gasteiger partial charge on any atom is -0.422 e. The number of nitrogens with zero attached hydrogens (tertiary/aromatic N) is 4. The molecule has 2 amide bonds. The summed E-state index contributed by atoms with van der Waals surface area (Å²) in [7, 11) is 0. The maximum atomic E-state index is 14.3. The van der Waals surface area contributed by atoms with E-state index in [2.05, 4.69) is 23.9 Å². The van der Waals surface area contributed by atoms with Crippen LogP contribution in [0.2, 0.25) is 0 Å². The molecular formula is C43H49FN4O5. The van der Waals surface area contributed by atoms with Gasteiger partial charge in [0, 0.05) is 54.8 Å². The van der Waals surface area contributed by atoms with Crippen molar-refractivity contribution in [3.8, 4) is 0 Å². The fourth-order valence-electron chi connectivity index (χ4n) is 8.04. The van der Waals surface area contributed by atoms with Gasteiger partial charge in [-0.1, -0.05) is 77.0 Å². The third-order valence-electron chi connectivity index (χ3n) is 11.0. The number of halogens is 1. The number of carbonyl (C=O) groups is 2. The van der Waals surface area contributed by atoms with Crippen LogP contribution in [0.25, 0.3) is 11.0 Å². The molecule has 2 fully saturated rings. The summed E-state index contributed by atoms with van der Waals surface area (Å²) >= 11 is 0. The Morgan fingerprint density at radius 3 is 2.28 bits per heavy atom. The summed E-state index contributed by atoms with van der Waals surface area (Å²) < 4.78 is 31.2. The number of rotatable bonds is 11. The smallest absolute Gasteiger partial charge is 0.412 e. The summed E-state index contributed by atoms with van der Waals surface area (Å²) in [5.74, 6) is 0.00325. The number of carbonyl (C=O) groups excluding carboxylic acids is 2. The van der Waals surface area contributed by atoms with Gasteiger partial charge in [0.05, 0.1) is 5.69 Å². The number of hydrogen-bond donors (Lipinski definition) is 0. The summed E-state index contributed by atoms with van der Waals surface area (Å²) in [4.78, 5) is 33.8. The van der Waals surface area contributed by atoms with Gasteiger partial charge in [0.15, 0.2) is 12.4 Å². The molecule has 1 unspecified atom stereocenters. The van der Waals surface area contributed by atoms with Crippen molar-refractivity contribution in [2.45, 2.75) is 83.9 Å². The standard InChI is InChI=1S/C43H49FN4O5/c1-30-15-16-31(2)41-38(51-29-52-43(50)47(27-32-10-5-3-6-11-32)28-33-12-7-4-8-13-33)14-9-22-48(41)42(49)36(30)21-25-46-23-19-34(20-24-46)40-37-18-17-35(44)26-39(37)53-45-40/h3-8,10-13,17-18,26,34,38H,9,14-16,19-25,27-29H2,1-2H3. The predicted molar refractivity (Wildman–Crippen MR) is 201 cm³/mol. The average Bonchev–Trinajstić information content (AvgIpc) is 3.60. The molecule has 7 rings (SSSR count). The first-order valence-corrected chi connectivity index (χ1v) is 18.9. The summed E-state index contributed by atoms with van der Waals surface area (Å²) in [6.45, 7) is 8.09. The van der Waals surface area contributed by atoms with E-state index in [-0.39, 0.29) is 30.5 Å². The maximum Gasteiger partial charge on any atom is 0.412 e. The van der Waals surface area contributed by atoms with Crippen molar-refractivity contribution in [1.29, 1.82) is 0 Å². The number of piperidine rings is 2. The van der Waals surface area contributed by atoms with Gasteiger partial charge in [-0.05, 0) is 95.1 Å². The van der Waals surface area contributed by atoms with Gasteiger partial charge >= 0.3 is 6.09 Å². The predicted octanol–water partition coefficient (Wildman–Crippen LogP) is 8.72. The summed E-state index contributed by atoms with van der Waals surface area (Å²) in [6.07, 6.45) is 5.00. The number of ether oxygens (including phenoxy) is 2. The molecule has 3 aliphatic rings. The van der Waals surface area contributed by atoms with Crippen molar-refractivity contribution in [1.82, 2.24) is 19.9 Å². The zero-order valence-electron chi connectivity index (χ0n) is 30.8. The number of likely N-dealkylation sites (tertiary alicyclic amines) is 1. The number of benzene rings is 3. The molecule has 1 atom stereocenters. The molecule has 0 radical (unpaired) electrons. The highest BCUT2D eigenvalue weighted by Crippen LogP contribution is 2.36. The lowest BCUT2D eigenvalue weighted by Gasteiger charge is -2.39. The number of aromatic nitrogens is 1. The van der Waals surface area contributed by atoms with Crippen LogP contribution in [0.3, 0.4) is 0 Å². The molecule has 53 heavy (non-hydrogen) atoms. The van der Waals surface area contributed by atoms with Crippen LogP contribution >= 0.6 is 0 Å². The zero-order valence-corrected chi connectivity index (χ0v) is 30.8. The summed E-state index contributed by atoms with van der Waals surface area (Å²) in [6, 6.07) is 24.4. The second-order valence-corrected chi connectivity index (χ2v) is 14.6. The molecular weight excluding hydrogens is 671 g/mol. The van der Waals surface area contributed by atoms with Crippen LogP contribution in [0.4, 0.5) is 9.18 Å². The Morgan fingerprint density at radius 2 is 1.58 bits per heavy atom. The first-order valence-electron chi connectivity index (χ1n) is 18.9. The Bertz CT molecular complexity index is 1910. The highest BCUT2D eigenvalue weighted by atomic mass is 19.1. The van der Waals surface area contributed by atoms with E-state index in [4.69, 9.17) is 14.0 Å². The van der Waals surface area contributed by atoms with Crippen molar-refractivity contribution in [2.75, 3.05) is 33.0 Å². The highest BCUT2D eigenvalue weighted by Gasteiger charge is 2.35. The lowest BCUT2D eigenvalue weighted by atomic mass is 9.89. The van der Waals surface area contributed by atoms with Crippen molar-refractivity contribution < 1.29 is 28.0 Å². The Morgan fingerprint density at radius 1 is 0.906 bits per heavy atom. The van der Waals surface area contributed by atoms with E-state index in [1.165, 1.54) is 12.1 Å². The first kappa shape index (κ1) is 36.6. The number of amides is 2. The Balaban J connectivity index is 0.951. The van der Waals surface area contributed by atoms with Crippen LogP contribution < -0.4 is 0 Å². The topological polar surface area (TPSA) is 88.4 Å². The number of hydrogen-bond acceptors (Lipinski definition) is 7.